The van der Waals surface area contributed by atoms with Gasteiger partial charge in [-0.15, -0.1) is 22.2 Å². The topological polar surface area (TPSA) is 9.23 Å². The van der Waals surface area contributed by atoms with Crippen molar-refractivity contribution in [2.75, 3.05) is 0 Å². The Balaban J connectivity index is 3.63. The zero-order valence-electron chi connectivity index (χ0n) is 6.66. The molecule has 10 heavy (non-hydrogen) atoms. The zero-order chi connectivity index (χ0) is 8.20. The van der Waals surface area contributed by atoms with Crippen LogP contribution >= 0.6 is 22.2 Å². The van der Waals surface area contributed by atoms with Gasteiger partial charge in [-0.2, -0.15) is 0 Å². The lowest BCUT2D eigenvalue weighted by molar-refractivity contribution is 0.590. The highest BCUT2D eigenvalue weighted by Crippen LogP contribution is 2.16. The average molecular weight is 217 g/mol. The molecule has 0 unspecified atom stereocenters. The first kappa shape index (κ1) is 11.0. The van der Waals surface area contributed by atoms with Crippen LogP contribution in [0.1, 0.15) is 13.3 Å². The Bertz CT molecular complexity index is 97.6. The molecule has 0 atom stereocenters. The molecule has 0 aromatic rings. The Kier molecular flexibility index (Phi) is 5.24. The highest BCUT2D eigenvalue weighted by atomic mass is 35.7. The average Bonchev–Trinajstić information content (AvgIpc) is 1.59. The van der Waals surface area contributed by atoms with E-state index < -0.39 is 16.0 Å². The van der Waals surface area contributed by atoms with Crippen molar-refractivity contribution in [3.05, 3.63) is 0 Å². The van der Waals surface area contributed by atoms with E-state index in [-0.39, 0.29) is 0 Å². The summed E-state index contributed by atoms with van der Waals surface area (Å²) in [5.74, 6) is 0. The Morgan fingerprint density at radius 3 is 2.20 bits per heavy atom. The third-order valence-corrected chi connectivity index (χ3v) is 7.83. The lowest BCUT2D eigenvalue weighted by Gasteiger charge is -2.22. The van der Waals surface area contributed by atoms with Crippen LogP contribution in [0.3, 0.4) is 0 Å². The Labute approximate surface area is 74.9 Å². The maximum atomic E-state index is 5.61. The molecule has 0 radical (unpaired) electrons. The second-order valence-electron chi connectivity index (χ2n) is 2.89. The van der Waals surface area contributed by atoms with Crippen molar-refractivity contribution >= 4 is 38.1 Å². The molecule has 0 spiro atoms. The van der Waals surface area contributed by atoms with Gasteiger partial charge in [0.15, 0.2) is 8.32 Å². The van der Waals surface area contributed by atoms with Crippen LogP contribution in [0.15, 0.2) is 0 Å². The van der Waals surface area contributed by atoms with Gasteiger partial charge in [0, 0.05) is 0 Å². The van der Waals surface area contributed by atoms with Crippen molar-refractivity contribution < 1.29 is 4.12 Å². The summed E-state index contributed by atoms with van der Waals surface area (Å²) in [6.45, 7) is 6.46. The largest absolute Gasteiger partial charge is 0.436 e. The van der Waals surface area contributed by atoms with Crippen LogP contribution < -0.4 is 0 Å². The van der Waals surface area contributed by atoms with E-state index in [9.17, 15) is 0 Å². The maximum Gasteiger partial charge on any atom is 0.363 e. The lowest BCUT2D eigenvalue weighted by Crippen LogP contribution is -2.33. The van der Waals surface area contributed by atoms with E-state index in [4.69, 9.17) is 26.3 Å². The van der Waals surface area contributed by atoms with E-state index in [2.05, 4.69) is 20.0 Å². The highest BCUT2D eigenvalue weighted by Gasteiger charge is 2.23. The fourth-order valence-electron chi connectivity index (χ4n) is 0.902. The molecule has 0 aliphatic rings. The van der Waals surface area contributed by atoms with Crippen molar-refractivity contribution in [2.45, 2.75) is 32.5 Å². The molecule has 0 aliphatic heterocycles. The van der Waals surface area contributed by atoms with Gasteiger partial charge >= 0.3 is 7.66 Å². The highest BCUT2D eigenvalue weighted by molar-refractivity contribution is 7.32. The van der Waals surface area contributed by atoms with Crippen LogP contribution in [0.2, 0.25) is 19.1 Å². The van der Waals surface area contributed by atoms with Crippen LogP contribution in [-0.2, 0) is 4.12 Å². The van der Waals surface area contributed by atoms with E-state index in [1.807, 2.05) is 0 Å². The molecule has 0 fully saturated rings. The van der Waals surface area contributed by atoms with Gasteiger partial charge in [-0.3, -0.25) is 0 Å². The quantitative estimate of drug-likeness (QED) is 0.519. The summed E-state index contributed by atoms with van der Waals surface area (Å²) in [4.78, 5) is 0. The van der Waals surface area contributed by atoms with E-state index in [1.165, 1.54) is 0 Å². The van der Waals surface area contributed by atoms with Gasteiger partial charge in [0.1, 0.15) is 0 Å². The van der Waals surface area contributed by atoms with E-state index in [0.717, 1.165) is 12.5 Å². The molecule has 0 aliphatic carbocycles. The first-order valence-electron chi connectivity index (χ1n) is 3.44. The molecular weight excluding hydrogens is 203 g/mol. The monoisotopic (exact) mass is 216 g/mol. The van der Waals surface area contributed by atoms with Gasteiger partial charge in [0.05, 0.1) is 0 Å². The molecule has 0 heterocycles. The minimum absolute atomic E-state index is 1.15. The van der Waals surface area contributed by atoms with Crippen LogP contribution in [0.5, 0.6) is 0 Å². The molecule has 62 valence electrons. The van der Waals surface area contributed by atoms with Crippen molar-refractivity contribution in [3.8, 4) is 0 Å². The third-order valence-electron chi connectivity index (χ3n) is 1.26. The van der Waals surface area contributed by atoms with Gasteiger partial charge in [0.2, 0.25) is 0 Å². The Morgan fingerprint density at radius 1 is 1.40 bits per heavy atom. The first-order chi connectivity index (χ1) is 4.48. The minimum Gasteiger partial charge on any atom is -0.436 e. The Morgan fingerprint density at radius 2 is 1.90 bits per heavy atom. The predicted octanol–water partition coefficient (Wildman–Crippen LogP) is 2.81. The van der Waals surface area contributed by atoms with Gasteiger partial charge in [0.25, 0.3) is 0 Å². The summed E-state index contributed by atoms with van der Waals surface area (Å²) < 4.78 is 5.49. The second-order valence-corrected chi connectivity index (χ2v) is 11.4. The van der Waals surface area contributed by atoms with Crippen molar-refractivity contribution in [1.29, 1.82) is 0 Å². The predicted molar refractivity (Wildman–Crippen MR) is 52.5 cm³/mol. The number of rotatable bonds is 4. The van der Waals surface area contributed by atoms with Gasteiger partial charge < -0.3 is 4.12 Å². The lowest BCUT2D eigenvalue weighted by atomic mass is 10.6. The van der Waals surface area contributed by atoms with E-state index in [0.29, 0.717) is 0 Å². The molecular formula is C5H14Cl2OSi2. The maximum absolute atomic E-state index is 5.61. The van der Waals surface area contributed by atoms with Crippen LogP contribution in [0.25, 0.3) is 0 Å². The van der Waals surface area contributed by atoms with Crippen molar-refractivity contribution in [1.82, 2.24) is 0 Å². The summed E-state index contributed by atoms with van der Waals surface area (Å²) >= 11 is 11.2. The van der Waals surface area contributed by atoms with Crippen LogP contribution in [0.4, 0.5) is 0 Å². The molecule has 0 aromatic carbocycles. The molecule has 0 aromatic heterocycles. The Hall–Kier alpha value is 0.974. The number of hydrogen-bond donors (Lipinski definition) is 0. The van der Waals surface area contributed by atoms with Gasteiger partial charge in [-0.25, -0.2) is 0 Å². The second kappa shape index (κ2) is 4.77. The normalized spacial score (nSPS) is 12.6. The third kappa shape index (κ3) is 5.74. The number of hydrogen-bond acceptors (Lipinski definition) is 1. The van der Waals surface area contributed by atoms with Crippen LogP contribution in [0, 0.1) is 0 Å². The fraction of sp³-hybridized carbons (Fsp3) is 1.00. The minimum atomic E-state index is -1.82. The standard InChI is InChI=1S/C5H14Cl2OSi2/c1-4-5-10(2,3)8-9(6)7/h9H,4-5H2,1-3H3. The summed E-state index contributed by atoms with van der Waals surface area (Å²) in [6, 6.07) is 1.15. The SMILES string of the molecule is CCC[Si](C)(C)O[SiH](Cl)Cl. The number of halogens is 2. The zero-order valence-corrected chi connectivity index (χ0v) is 10.3. The van der Waals surface area contributed by atoms with Crippen molar-refractivity contribution in [2.24, 2.45) is 0 Å². The summed E-state index contributed by atoms with van der Waals surface area (Å²) in [5.41, 5.74) is 0. The summed E-state index contributed by atoms with van der Waals surface area (Å²) in [5, 5.41) is 0. The summed E-state index contributed by atoms with van der Waals surface area (Å²) in [6.07, 6.45) is 1.16. The van der Waals surface area contributed by atoms with E-state index in [1.54, 1.807) is 0 Å². The molecule has 0 rings (SSSR count). The summed E-state index contributed by atoms with van der Waals surface area (Å²) in [7, 11) is -3.29. The molecule has 5 heteroatoms. The molecule has 1 nitrogen and oxygen atoms in total. The van der Waals surface area contributed by atoms with Gasteiger partial charge in [-0.1, -0.05) is 13.3 Å². The van der Waals surface area contributed by atoms with E-state index >= 15 is 0 Å². The molecule has 0 N–H and O–H groups in total. The van der Waals surface area contributed by atoms with Crippen molar-refractivity contribution in [3.63, 3.8) is 0 Å². The molecule has 0 amide bonds. The van der Waals surface area contributed by atoms with Crippen LogP contribution in [-0.4, -0.2) is 16.0 Å². The molecule has 0 saturated heterocycles. The first-order valence-corrected chi connectivity index (χ1v) is 10.5. The smallest absolute Gasteiger partial charge is 0.363 e. The fourth-order valence-corrected chi connectivity index (χ4v) is 8.85. The molecule has 0 saturated carbocycles. The molecule has 0 bridgehead atoms. The van der Waals surface area contributed by atoms with Gasteiger partial charge in [-0.05, 0) is 19.1 Å².